The number of nitrogen functional groups attached to an aromatic ring is 1. The first-order valence-electron chi connectivity index (χ1n) is 8.38. The fourth-order valence-corrected chi connectivity index (χ4v) is 3.53. The smallest absolute Gasteiger partial charge is 0.195 e. The van der Waals surface area contributed by atoms with Gasteiger partial charge in [-0.2, -0.15) is 0 Å². The molecular formula is C18H19N5O2. The molecule has 128 valence electrons. The highest BCUT2D eigenvalue weighted by atomic mass is 16.3. The summed E-state index contributed by atoms with van der Waals surface area (Å²) >= 11 is 0. The van der Waals surface area contributed by atoms with Gasteiger partial charge in [0.05, 0.1) is 11.7 Å². The van der Waals surface area contributed by atoms with Gasteiger partial charge in [0.1, 0.15) is 17.8 Å². The van der Waals surface area contributed by atoms with E-state index in [1.54, 1.807) is 18.3 Å². The highest BCUT2D eigenvalue weighted by Gasteiger charge is 2.25. The maximum absolute atomic E-state index is 13.0. The molecule has 1 aliphatic rings. The SMILES string of the molecule is Nc1cc(C(=O)c2cn(C3CCC(O)CC3)c3ncncc23)ccn1. The van der Waals surface area contributed by atoms with Crippen LogP contribution in [0.4, 0.5) is 5.82 Å². The lowest BCUT2D eigenvalue weighted by atomic mass is 9.93. The molecule has 0 bridgehead atoms. The predicted molar refractivity (Wildman–Crippen MR) is 93.1 cm³/mol. The Morgan fingerprint density at radius 3 is 2.80 bits per heavy atom. The van der Waals surface area contributed by atoms with Crippen LogP contribution in [0.5, 0.6) is 0 Å². The van der Waals surface area contributed by atoms with Crippen LogP contribution >= 0.6 is 0 Å². The number of ketones is 1. The van der Waals surface area contributed by atoms with Gasteiger partial charge in [0.25, 0.3) is 0 Å². The lowest BCUT2D eigenvalue weighted by Gasteiger charge is -2.26. The van der Waals surface area contributed by atoms with Gasteiger partial charge in [0.15, 0.2) is 5.78 Å². The van der Waals surface area contributed by atoms with E-state index in [0.717, 1.165) is 36.7 Å². The van der Waals surface area contributed by atoms with E-state index in [2.05, 4.69) is 19.5 Å². The van der Waals surface area contributed by atoms with Crippen LogP contribution in [0.2, 0.25) is 0 Å². The monoisotopic (exact) mass is 337 g/mol. The summed E-state index contributed by atoms with van der Waals surface area (Å²) in [5, 5.41) is 10.5. The average molecular weight is 337 g/mol. The first-order chi connectivity index (χ1) is 12.1. The van der Waals surface area contributed by atoms with Crippen molar-refractivity contribution in [2.45, 2.75) is 37.8 Å². The molecule has 7 heteroatoms. The minimum atomic E-state index is -0.228. The number of aromatic nitrogens is 4. The number of nitrogens with two attached hydrogens (primary N) is 1. The van der Waals surface area contributed by atoms with Gasteiger partial charge < -0.3 is 15.4 Å². The predicted octanol–water partition coefficient (Wildman–Crippen LogP) is 2.12. The Morgan fingerprint density at radius 2 is 2.04 bits per heavy atom. The van der Waals surface area contributed by atoms with E-state index in [0.29, 0.717) is 16.9 Å². The van der Waals surface area contributed by atoms with E-state index in [9.17, 15) is 9.90 Å². The largest absolute Gasteiger partial charge is 0.393 e. The van der Waals surface area contributed by atoms with Crippen molar-refractivity contribution >= 4 is 22.6 Å². The van der Waals surface area contributed by atoms with E-state index in [1.807, 2.05) is 6.20 Å². The Morgan fingerprint density at radius 1 is 1.24 bits per heavy atom. The van der Waals surface area contributed by atoms with Gasteiger partial charge in [0, 0.05) is 35.6 Å². The molecule has 0 radical (unpaired) electrons. The molecule has 0 aliphatic heterocycles. The number of rotatable bonds is 3. The van der Waals surface area contributed by atoms with E-state index < -0.39 is 0 Å². The van der Waals surface area contributed by atoms with Gasteiger partial charge >= 0.3 is 0 Å². The Balaban J connectivity index is 1.78. The second-order valence-electron chi connectivity index (χ2n) is 6.47. The van der Waals surface area contributed by atoms with Crippen LogP contribution in [0.3, 0.4) is 0 Å². The molecule has 1 saturated carbocycles. The molecule has 25 heavy (non-hydrogen) atoms. The van der Waals surface area contributed by atoms with Gasteiger partial charge in [-0.1, -0.05) is 0 Å². The van der Waals surface area contributed by atoms with E-state index in [-0.39, 0.29) is 17.9 Å². The number of carbonyl (C=O) groups excluding carboxylic acids is 1. The molecule has 3 N–H and O–H groups in total. The molecule has 0 unspecified atom stereocenters. The minimum Gasteiger partial charge on any atom is -0.393 e. The summed E-state index contributed by atoms with van der Waals surface area (Å²) in [6, 6.07) is 3.46. The van der Waals surface area contributed by atoms with Gasteiger partial charge in [-0.3, -0.25) is 4.79 Å². The molecule has 0 aromatic carbocycles. The summed E-state index contributed by atoms with van der Waals surface area (Å²) in [7, 11) is 0. The summed E-state index contributed by atoms with van der Waals surface area (Å²) in [5.74, 6) is 0.190. The number of nitrogens with zero attached hydrogens (tertiary/aromatic N) is 4. The number of anilines is 1. The standard InChI is InChI=1S/C18H19N5O2/c19-16-7-11(5-6-21-16)17(25)15-9-23(12-1-3-13(24)4-2-12)18-14(15)8-20-10-22-18/h5-10,12-13,24H,1-4H2,(H2,19,21). The maximum atomic E-state index is 13.0. The van der Waals surface area contributed by atoms with Crippen molar-refractivity contribution in [2.75, 3.05) is 5.73 Å². The summed E-state index contributed by atoms with van der Waals surface area (Å²) in [6.07, 6.45) is 9.59. The van der Waals surface area contributed by atoms with Crippen molar-refractivity contribution in [2.24, 2.45) is 0 Å². The fraction of sp³-hybridized carbons (Fsp3) is 0.333. The van der Waals surface area contributed by atoms with Crippen LogP contribution in [0.15, 0.2) is 37.1 Å². The summed E-state index contributed by atoms with van der Waals surface area (Å²) in [5.41, 5.74) is 7.51. The van der Waals surface area contributed by atoms with E-state index in [1.165, 1.54) is 12.5 Å². The Labute approximate surface area is 144 Å². The third kappa shape index (κ3) is 2.87. The zero-order valence-corrected chi connectivity index (χ0v) is 13.7. The summed E-state index contributed by atoms with van der Waals surface area (Å²) < 4.78 is 2.06. The zero-order chi connectivity index (χ0) is 17.4. The Hall–Kier alpha value is -2.80. The molecule has 0 atom stereocenters. The molecule has 1 aliphatic carbocycles. The quantitative estimate of drug-likeness (QED) is 0.709. The van der Waals surface area contributed by atoms with Crippen LogP contribution in [-0.4, -0.2) is 36.5 Å². The van der Waals surface area contributed by atoms with E-state index >= 15 is 0 Å². The molecule has 1 fully saturated rings. The lowest BCUT2D eigenvalue weighted by molar-refractivity contribution is 0.103. The van der Waals surface area contributed by atoms with Gasteiger partial charge in [0.2, 0.25) is 0 Å². The molecule has 0 spiro atoms. The first kappa shape index (κ1) is 15.7. The van der Waals surface area contributed by atoms with Crippen LogP contribution in [0, 0.1) is 0 Å². The molecule has 0 amide bonds. The molecule has 0 saturated heterocycles. The van der Waals surface area contributed by atoms with Crippen LogP contribution in [0.1, 0.15) is 47.6 Å². The number of hydrogen-bond donors (Lipinski definition) is 2. The Bertz CT molecular complexity index is 928. The number of carbonyl (C=O) groups is 1. The second kappa shape index (κ2) is 6.25. The molecule has 7 nitrogen and oxygen atoms in total. The molecule has 3 heterocycles. The van der Waals surface area contributed by atoms with Crippen molar-refractivity contribution in [3.63, 3.8) is 0 Å². The average Bonchev–Trinajstić information content (AvgIpc) is 3.01. The van der Waals surface area contributed by atoms with E-state index in [4.69, 9.17) is 5.73 Å². The van der Waals surface area contributed by atoms with Crippen LogP contribution in [-0.2, 0) is 0 Å². The van der Waals surface area contributed by atoms with Crippen molar-refractivity contribution in [3.8, 4) is 0 Å². The highest BCUT2D eigenvalue weighted by molar-refractivity contribution is 6.16. The second-order valence-corrected chi connectivity index (χ2v) is 6.47. The number of hydrogen-bond acceptors (Lipinski definition) is 6. The van der Waals surface area contributed by atoms with Gasteiger partial charge in [-0.05, 0) is 37.8 Å². The van der Waals surface area contributed by atoms with Gasteiger partial charge in [-0.15, -0.1) is 0 Å². The Kier molecular flexibility index (Phi) is 3.93. The van der Waals surface area contributed by atoms with Gasteiger partial charge in [-0.25, -0.2) is 15.0 Å². The summed E-state index contributed by atoms with van der Waals surface area (Å²) in [4.78, 5) is 25.4. The number of aliphatic hydroxyl groups excluding tert-OH is 1. The fourth-order valence-electron chi connectivity index (χ4n) is 3.53. The summed E-state index contributed by atoms with van der Waals surface area (Å²) in [6.45, 7) is 0. The molecule has 3 aromatic rings. The highest BCUT2D eigenvalue weighted by Crippen LogP contribution is 2.33. The van der Waals surface area contributed by atoms with Crippen molar-refractivity contribution in [1.29, 1.82) is 0 Å². The number of aliphatic hydroxyl groups is 1. The van der Waals surface area contributed by atoms with Crippen molar-refractivity contribution in [1.82, 2.24) is 19.5 Å². The molecular weight excluding hydrogens is 318 g/mol. The maximum Gasteiger partial charge on any atom is 0.195 e. The van der Waals surface area contributed by atoms with Crippen molar-refractivity contribution < 1.29 is 9.90 Å². The molecule has 4 rings (SSSR count). The topological polar surface area (TPSA) is 107 Å². The van der Waals surface area contributed by atoms with Crippen molar-refractivity contribution in [3.05, 3.63) is 48.2 Å². The van der Waals surface area contributed by atoms with Crippen LogP contribution < -0.4 is 5.73 Å². The lowest BCUT2D eigenvalue weighted by Crippen LogP contribution is -2.20. The minimum absolute atomic E-state index is 0.122. The normalized spacial score (nSPS) is 20.7. The first-order valence-corrected chi connectivity index (χ1v) is 8.38. The molecule has 3 aromatic heterocycles. The third-order valence-corrected chi connectivity index (χ3v) is 4.84. The zero-order valence-electron chi connectivity index (χ0n) is 13.7. The number of fused-ring (bicyclic) bond motifs is 1. The third-order valence-electron chi connectivity index (χ3n) is 4.84. The van der Waals surface area contributed by atoms with Crippen LogP contribution in [0.25, 0.3) is 11.0 Å². The number of pyridine rings is 1.